The zero-order valence-electron chi connectivity index (χ0n) is 30.8. The van der Waals surface area contributed by atoms with E-state index < -0.39 is 132 Å². The van der Waals surface area contributed by atoms with Crippen molar-refractivity contribution in [2.45, 2.75) is 127 Å². The van der Waals surface area contributed by atoms with Gasteiger partial charge < -0.3 is 64.0 Å². The van der Waals surface area contributed by atoms with Gasteiger partial charge in [-0.3, -0.25) is 19.8 Å². The van der Waals surface area contributed by atoms with Crippen molar-refractivity contribution in [1.29, 1.82) is 5.41 Å². The van der Waals surface area contributed by atoms with Crippen molar-refractivity contribution < 1.29 is 82.7 Å². The molecule has 0 aromatic rings. The highest BCUT2D eigenvalue weighted by Crippen LogP contribution is 2.42. The Kier molecular flexibility index (Phi) is 15.0. The number of aliphatic hydroxyl groups excluding tert-OH is 2. The first-order chi connectivity index (χ1) is 25.2. The summed E-state index contributed by atoms with van der Waals surface area (Å²) < 4.78 is 40.2. The standard InChI is InChI=1S/C34H48N2O17S/c1-8-14(3)31(43)50-16(5)34(46)15(4)49-22(10-21(34)47-7)52-27-25(39)29(33(45)11-19(38)24(35)23(28(33)40)30(41)42)51-20(12-48-17(6)37)26(27)53-32(44)18(9-2)36-13-54/h9,13-16,20-22,25-27,29,35,39-40,45-46H,8,10-12H2,1-7H3,(H,36,54)(H,41,42). The lowest BCUT2D eigenvalue weighted by molar-refractivity contribution is -0.345. The fourth-order valence-electron chi connectivity index (χ4n) is 6.51. The van der Waals surface area contributed by atoms with Crippen LogP contribution in [0.4, 0.5) is 0 Å². The SMILES string of the molecule is CC=C(NC=S)C(=O)OC1C(COC(C)=O)OC(C2(O)CC(=O)C(=N)C(C(=O)O)=C2O)C(O)C1OC1CC(OC)C(O)(C(C)OC(=O)C(C)CC)C(C)O1. The second-order valence-electron chi connectivity index (χ2n) is 13.2. The molecule has 7 N–H and O–H groups in total. The molecule has 1 aliphatic carbocycles. The van der Waals surface area contributed by atoms with Crippen molar-refractivity contribution >= 4 is 53.1 Å². The second-order valence-corrected chi connectivity index (χ2v) is 13.4. The van der Waals surface area contributed by atoms with Gasteiger partial charge in [-0.05, 0) is 27.2 Å². The number of nitrogens with one attached hydrogen (secondary N) is 2. The van der Waals surface area contributed by atoms with E-state index in [1.165, 1.54) is 34.0 Å². The molecule has 0 aromatic carbocycles. The van der Waals surface area contributed by atoms with Crippen LogP contribution in [0.1, 0.15) is 60.8 Å². The van der Waals surface area contributed by atoms with E-state index in [1.54, 1.807) is 13.8 Å². The van der Waals surface area contributed by atoms with Crippen LogP contribution in [0.2, 0.25) is 0 Å². The fraction of sp³-hybridized carbons (Fsp3) is 0.676. The summed E-state index contributed by atoms with van der Waals surface area (Å²) in [5, 5.41) is 66.7. The minimum atomic E-state index is -3.02. The molecule has 0 aromatic heterocycles. The Bertz CT molecular complexity index is 1550. The molecule has 20 heteroatoms. The van der Waals surface area contributed by atoms with Crippen molar-refractivity contribution in [3.05, 3.63) is 23.1 Å². The minimum Gasteiger partial charge on any atom is -0.508 e. The maximum absolute atomic E-state index is 13.3. The number of hydrogen-bond donors (Lipinski definition) is 7. The van der Waals surface area contributed by atoms with Gasteiger partial charge in [-0.1, -0.05) is 32.1 Å². The topological polar surface area (TPSA) is 287 Å². The van der Waals surface area contributed by atoms with Crippen LogP contribution in [-0.2, 0) is 57.1 Å². The molecule has 12 unspecified atom stereocenters. The number of carbonyl (C=O) groups excluding carboxylic acids is 4. The molecular weight excluding hydrogens is 740 g/mol. The van der Waals surface area contributed by atoms with E-state index in [0.29, 0.717) is 6.42 Å². The molecule has 0 saturated carbocycles. The van der Waals surface area contributed by atoms with Crippen LogP contribution in [0.3, 0.4) is 0 Å². The van der Waals surface area contributed by atoms with E-state index in [0.717, 1.165) is 12.4 Å². The molecule has 302 valence electrons. The molecule has 2 saturated heterocycles. The summed E-state index contributed by atoms with van der Waals surface area (Å²) in [6.45, 7) is 8.13. The zero-order chi connectivity index (χ0) is 40.9. The normalized spacial score (nSPS) is 34.4. The molecule has 2 aliphatic heterocycles. The van der Waals surface area contributed by atoms with E-state index >= 15 is 0 Å². The van der Waals surface area contributed by atoms with E-state index in [-0.39, 0.29) is 12.1 Å². The number of thiocarbonyl (C=S) groups is 1. The molecule has 0 spiro atoms. The Balaban J connectivity index is 2.13. The molecule has 2 heterocycles. The number of ketones is 1. The first-order valence-corrected chi connectivity index (χ1v) is 17.5. The number of ether oxygens (including phenoxy) is 7. The summed E-state index contributed by atoms with van der Waals surface area (Å²) in [6, 6.07) is 0. The molecule has 2 fully saturated rings. The van der Waals surface area contributed by atoms with Crippen molar-refractivity contribution in [2.75, 3.05) is 13.7 Å². The summed E-state index contributed by atoms with van der Waals surface area (Å²) in [5.74, 6) is -7.52. The van der Waals surface area contributed by atoms with Crippen molar-refractivity contribution in [3.8, 4) is 0 Å². The number of esters is 3. The Labute approximate surface area is 316 Å². The lowest BCUT2D eigenvalue weighted by Crippen LogP contribution is -2.70. The van der Waals surface area contributed by atoms with Crippen LogP contribution in [-0.4, -0.2) is 146 Å². The summed E-state index contributed by atoms with van der Waals surface area (Å²) in [7, 11) is 1.27. The third-order valence-electron chi connectivity index (χ3n) is 9.85. The molecule has 0 amide bonds. The van der Waals surface area contributed by atoms with Gasteiger partial charge in [0.1, 0.15) is 59.9 Å². The first kappa shape index (κ1) is 44.5. The van der Waals surface area contributed by atoms with E-state index in [9.17, 15) is 49.5 Å². The second kappa shape index (κ2) is 18.2. The average Bonchev–Trinajstić information content (AvgIpc) is 3.11. The summed E-state index contributed by atoms with van der Waals surface area (Å²) >= 11 is 4.78. The van der Waals surface area contributed by atoms with Gasteiger partial charge in [0.2, 0.25) is 0 Å². The number of Topliss-reactive ketones (excluding diaryl/α,β-unsaturated/α-hetero) is 1. The van der Waals surface area contributed by atoms with Crippen LogP contribution in [0.15, 0.2) is 23.1 Å². The number of aliphatic carboxylic acids is 1. The van der Waals surface area contributed by atoms with Crippen LogP contribution in [0.5, 0.6) is 0 Å². The molecule has 3 aliphatic rings. The average molecular weight is 789 g/mol. The molecule has 0 radical (unpaired) electrons. The summed E-state index contributed by atoms with van der Waals surface area (Å²) in [6.07, 6.45) is -14.3. The number of aliphatic hydroxyl groups is 4. The van der Waals surface area contributed by atoms with Crippen molar-refractivity contribution in [3.63, 3.8) is 0 Å². The van der Waals surface area contributed by atoms with Gasteiger partial charge in [-0.2, -0.15) is 0 Å². The third kappa shape index (κ3) is 8.97. The Morgan fingerprint density at radius 2 is 1.81 bits per heavy atom. The minimum absolute atomic E-state index is 0.179. The number of hydrogen-bond acceptors (Lipinski definition) is 18. The quantitative estimate of drug-likeness (QED) is 0.0494. The molecule has 0 bridgehead atoms. The predicted molar refractivity (Wildman–Crippen MR) is 186 cm³/mol. The number of rotatable bonds is 15. The number of carboxylic acid groups (broad SMARTS) is 1. The van der Waals surface area contributed by atoms with E-state index in [2.05, 4.69) is 5.32 Å². The van der Waals surface area contributed by atoms with Gasteiger partial charge in [0.15, 0.2) is 29.4 Å². The van der Waals surface area contributed by atoms with Gasteiger partial charge in [0.05, 0.1) is 30.0 Å². The maximum Gasteiger partial charge on any atom is 0.354 e. The molecule has 3 rings (SSSR count). The fourth-order valence-corrected chi connectivity index (χ4v) is 6.64. The van der Waals surface area contributed by atoms with Gasteiger partial charge >= 0.3 is 23.9 Å². The molecular formula is C34H48N2O17S. The van der Waals surface area contributed by atoms with Gasteiger partial charge in [0, 0.05) is 20.5 Å². The van der Waals surface area contributed by atoms with Crippen LogP contribution >= 0.6 is 12.2 Å². The Morgan fingerprint density at radius 1 is 1.17 bits per heavy atom. The monoisotopic (exact) mass is 788 g/mol. The van der Waals surface area contributed by atoms with Crippen LogP contribution < -0.4 is 5.32 Å². The van der Waals surface area contributed by atoms with Gasteiger partial charge in [-0.25, -0.2) is 9.59 Å². The Hall–Kier alpha value is -3.89. The largest absolute Gasteiger partial charge is 0.508 e. The first-order valence-electron chi connectivity index (χ1n) is 17.1. The molecule has 12 atom stereocenters. The van der Waals surface area contributed by atoms with Crippen LogP contribution in [0, 0.1) is 11.3 Å². The number of carboxylic acids is 1. The summed E-state index contributed by atoms with van der Waals surface area (Å²) in [5.41, 5.74) is -6.51. The third-order valence-corrected chi connectivity index (χ3v) is 9.97. The summed E-state index contributed by atoms with van der Waals surface area (Å²) in [4.78, 5) is 62.7. The number of allylic oxidation sites excluding steroid dienone is 1. The number of carbonyl (C=O) groups is 5. The lowest BCUT2D eigenvalue weighted by Gasteiger charge is -2.52. The Morgan fingerprint density at radius 3 is 2.35 bits per heavy atom. The molecule has 19 nitrogen and oxygen atoms in total. The zero-order valence-corrected chi connectivity index (χ0v) is 31.6. The van der Waals surface area contributed by atoms with Crippen molar-refractivity contribution in [1.82, 2.24) is 5.32 Å². The van der Waals surface area contributed by atoms with Crippen LogP contribution in [0.25, 0.3) is 0 Å². The highest BCUT2D eigenvalue weighted by Gasteiger charge is 2.62. The van der Waals surface area contributed by atoms with Gasteiger partial charge in [0.25, 0.3) is 0 Å². The van der Waals surface area contributed by atoms with E-state index in [4.69, 9.17) is 50.8 Å². The van der Waals surface area contributed by atoms with E-state index in [1.807, 2.05) is 0 Å². The lowest BCUT2D eigenvalue weighted by atomic mass is 9.74. The predicted octanol–water partition coefficient (Wildman–Crippen LogP) is -0.0954. The molecule has 54 heavy (non-hydrogen) atoms. The maximum atomic E-state index is 13.3. The van der Waals surface area contributed by atoms with Crippen molar-refractivity contribution in [2.24, 2.45) is 5.92 Å². The van der Waals surface area contributed by atoms with Gasteiger partial charge in [-0.15, -0.1) is 0 Å². The highest BCUT2D eigenvalue weighted by molar-refractivity contribution is 7.78. The number of methoxy groups -OCH3 is 1. The highest BCUT2D eigenvalue weighted by atomic mass is 32.1. The smallest absolute Gasteiger partial charge is 0.354 e.